The van der Waals surface area contributed by atoms with Crippen LogP contribution in [0, 0.1) is 0 Å². The maximum Gasteiger partial charge on any atom is 0.322 e. The van der Waals surface area contributed by atoms with E-state index in [1.807, 2.05) is 36.4 Å². The molecule has 8 heteroatoms. The van der Waals surface area contributed by atoms with Crippen molar-refractivity contribution in [3.05, 3.63) is 60.8 Å². The van der Waals surface area contributed by atoms with E-state index in [2.05, 4.69) is 15.6 Å². The van der Waals surface area contributed by atoms with E-state index in [1.54, 1.807) is 28.2 Å². The second kappa shape index (κ2) is 6.78. The van der Waals surface area contributed by atoms with Gasteiger partial charge in [-0.05, 0) is 36.4 Å². The molecule has 0 aliphatic carbocycles. The second-order valence-electron chi connectivity index (χ2n) is 5.65. The molecule has 2 aromatic heterocycles. The highest BCUT2D eigenvalue weighted by molar-refractivity contribution is 5.89. The fraction of sp³-hybridized carbons (Fsp3) is 0.235. The Kier molecular flexibility index (Phi) is 4.17. The molecule has 3 heterocycles. The molecule has 2 amide bonds. The topological polar surface area (TPSA) is 85.4 Å². The Labute approximate surface area is 144 Å². The third-order valence-corrected chi connectivity index (χ3v) is 4.02. The lowest BCUT2D eigenvalue weighted by Crippen LogP contribution is -2.44. The number of hydrogen-bond donors (Lipinski definition) is 1. The van der Waals surface area contributed by atoms with Gasteiger partial charge in [-0.2, -0.15) is 0 Å². The molecular weight excluding hydrogens is 322 g/mol. The van der Waals surface area contributed by atoms with Crippen LogP contribution in [0.1, 0.15) is 11.9 Å². The van der Waals surface area contributed by atoms with Crippen molar-refractivity contribution in [2.24, 2.45) is 0 Å². The van der Waals surface area contributed by atoms with Gasteiger partial charge in [-0.3, -0.25) is 0 Å². The van der Waals surface area contributed by atoms with Crippen LogP contribution < -0.4 is 5.32 Å². The minimum Gasteiger partial charge on any atom is -0.467 e. The molecule has 1 saturated heterocycles. The molecule has 0 spiro atoms. The first kappa shape index (κ1) is 15.4. The number of morpholine rings is 1. The highest BCUT2D eigenvalue weighted by atomic mass is 16.5. The highest BCUT2D eigenvalue weighted by Crippen LogP contribution is 2.23. The van der Waals surface area contributed by atoms with Crippen LogP contribution in [0.5, 0.6) is 0 Å². The minimum atomic E-state index is -0.232. The smallest absolute Gasteiger partial charge is 0.322 e. The number of nitrogens with zero attached hydrogens (tertiary/aromatic N) is 4. The molecule has 1 unspecified atom stereocenters. The molecule has 0 bridgehead atoms. The number of ether oxygens (including phenoxy) is 1. The second-order valence-corrected chi connectivity index (χ2v) is 5.65. The molecule has 1 N–H and O–H groups in total. The van der Waals surface area contributed by atoms with E-state index in [4.69, 9.17) is 9.15 Å². The number of carbonyl (C=O) groups excluding carboxylic acids is 1. The number of rotatable bonds is 3. The lowest BCUT2D eigenvalue weighted by molar-refractivity contribution is -0.0242. The zero-order valence-corrected chi connectivity index (χ0v) is 13.4. The van der Waals surface area contributed by atoms with Crippen molar-refractivity contribution in [1.82, 2.24) is 19.9 Å². The number of amides is 2. The van der Waals surface area contributed by atoms with E-state index >= 15 is 0 Å². The van der Waals surface area contributed by atoms with E-state index in [-0.39, 0.29) is 12.1 Å². The monoisotopic (exact) mass is 339 g/mol. The molecule has 1 aliphatic rings. The summed E-state index contributed by atoms with van der Waals surface area (Å²) in [6.45, 7) is 1.47. The van der Waals surface area contributed by atoms with E-state index in [1.165, 1.54) is 0 Å². The fourth-order valence-electron chi connectivity index (χ4n) is 2.73. The third-order valence-electron chi connectivity index (χ3n) is 4.02. The van der Waals surface area contributed by atoms with Crippen LogP contribution in [0.25, 0.3) is 5.69 Å². The Balaban J connectivity index is 1.39. The van der Waals surface area contributed by atoms with Gasteiger partial charge in [0, 0.05) is 12.2 Å². The number of aromatic nitrogens is 3. The van der Waals surface area contributed by atoms with Gasteiger partial charge in [0.25, 0.3) is 0 Å². The maximum absolute atomic E-state index is 12.5. The lowest BCUT2D eigenvalue weighted by Gasteiger charge is -2.32. The maximum atomic E-state index is 12.5. The van der Waals surface area contributed by atoms with Crippen molar-refractivity contribution in [2.45, 2.75) is 6.10 Å². The average Bonchev–Trinajstić information content (AvgIpc) is 3.36. The summed E-state index contributed by atoms with van der Waals surface area (Å²) < 4.78 is 12.7. The molecule has 1 aromatic carbocycles. The largest absolute Gasteiger partial charge is 0.467 e. The Bertz CT molecular complexity index is 815. The number of benzene rings is 1. The summed E-state index contributed by atoms with van der Waals surface area (Å²) >= 11 is 0. The van der Waals surface area contributed by atoms with Gasteiger partial charge in [0.1, 0.15) is 11.9 Å². The van der Waals surface area contributed by atoms with Crippen LogP contribution in [0.15, 0.2) is 59.5 Å². The van der Waals surface area contributed by atoms with Gasteiger partial charge in [0.15, 0.2) is 0 Å². The van der Waals surface area contributed by atoms with Crippen LogP contribution in [-0.4, -0.2) is 45.6 Å². The van der Waals surface area contributed by atoms with E-state index in [9.17, 15) is 4.79 Å². The van der Waals surface area contributed by atoms with Crippen LogP contribution in [0.3, 0.4) is 0 Å². The van der Waals surface area contributed by atoms with Gasteiger partial charge in [-0.25, -0.2) is 9.48 Å². The summed E-state index contributed by atoms with van der Waals surface area (Å²) in [6, 6.07) is 10.9. The molecule has 4 rings (SSSR count). The molecule has 3 aromatic rings. The fourth-order valence-corrected chi connectivity index (χ4v) is 2.73. The van der Waals surface area contributed by atoms with Crippen molar-refractivity contribution in [3.63, 3.8) is 0 Å². The van der Waals surface area contributed by atoms with E-state index in [0.717, 1.165) is 17.1 Å². The van der Waals surface area contributed by atoms with Crippen LogP contribution in [0.4, 0.5) is 10.5 Å². The Morgan fingerprint density at radius 2 is 2.12 bits per heavy atom. The van der Waals surface area contributed by atoms with Gasteiger partial charge in [-0.15, -0.1) is 5.10 Å². The first-order valence-corrected chi connectivity index (χ1v) is 7.97. The van der Waals surface area contributed by atoms with Gasteiger partial charge >= 0.3 is 6.03 Å². The van der Waals surface area contributed by atoms with Crippen LogP contribution in [-0.2, 0) is 4.74 Å². The molecule has 8 nitrogen and oxygen atoms in total. The zero-order chi connectivity index (χ0) is 17.1. The standard InChI is InChI=1S/C17H17N5O3/c23-17(21-9-11-25-16(12-21)15-2-1-10-24-15)19-13-3-5-14(6-4-13)22-8-7-18-20-22/h1-8,10,16H,9,11-12H2,(H,19,23). The number of nitrogens with one attached hydrogen (secondary N) is 1. The van der Waals surface area contributed by atoms with Crippen molar-refractivity contribution < 1.29 is 13.9 Å². The lowest BCUT2D eigenvalue weighted by atomic mass is 10.2. The number of carbonyl (C=O) groups is 1. The van der Waals surface area contributed by atoms with Gasteiger partial charge in [-0.1, -0.05) is 5.21 Å². The van der Waals surface area contributed by atoms with Gasteiger partial charge in [0.2, 0.25) is 0 Å². The molecule has 1 aliphatic heterocycles. The predicted molar refractivity (Wildman–Crippen MR) is 89.4 cm³/mol. The predicted octanol–water partition coefficient (Wildman–Crippen LogP) is 2.47. The summed E-state index contributed by atoms with van der Waals surface area (Å²) in [4.78, 5) is 14.2. The molecule has 1 atom stereocenters. The Morgan fingerprint density at radius 3 is 2.84 bits per heavy atom. The van der Waals surface area contributed by atoms with E-state index in [0.29, 0.717) is 19.7 Å². The molecule has 25 heavy (non-hydrogen) atoms. The summed E-state index contributed by atoms with van der Waals surface area (Å²) in [7, 11) is 0. The Hall–Kier alpha value is -3.13. The molecular formula is C17H17N5O3. The number of hydrogen-bond acceptors (Lipinski definition) is 5. The summed E-state index contributed by atoms with van der Waals surface area (Å²) in [5.74, 6) is 0.731. The van der Waals surface area contributed by atoms with Crippen molar-refractivity contribution >= 4 is 11.7 Å². The number of furan rings is 1. The number of anilines is 1. The third kappa shape index (κ3) is 3.38. The first-order chi connectivity index (χ1) is 12.3. The van der Waals surface area contributed by atoms with Gasteiger partial charge in [0.05, 0.1) is 37.5 Å². The average molecular weight is 339 g/mol. The molecule has 1 fully saturated rings. The van der Waals surface area contributed by atoms with Crippen molar-refractivity contribution in [3.8, 4) is 5.69 Å². The SMILES string of the molecule is O=C(Nc1ccc(-n2ccnn2)cc1)N1CCOC(c2ccco2)C1. The van der Waals surface area contributed by atoms with Crippen molar-refractivity contribution in [2.75, 3.05) is 25.0 Å². The molecule has 0 saturated carbocycles. The molecule has 128 valence electrons. The Morgan fingerprint density at radius 1 is 1.24 bits per heavy atom. The molecule has 0 radical (unpaired) electrons. The van der Waals surface area contributed by atoms with Crippen molar-refractivity contribution in [1.29, 1.82) is 0 Å². The normalized spacial score (nSPS) is 17.4. The quantitative estimate of drug-likeness (QED) is 0.792. The first-order valence-electron chi connectivity index (χ1n) is 7.97. The van der Waals surface area contributed by atoms with Crippen LogP contribution >= 0.6 is 0 Å². The number of urea groups is 1. The summed E-state index contributed by atoms with van der Waals surface area (Å²) in [5.41, 5.74) is 1.59. The summed E-state index contributed by atoms with van der Waals surface area (Å²) in [6.07, 6.45) is 4.75. The minimum absolute atomic E-state index is 0.159. The summed E-state index contributed by atoms with van der Waals surface area (Å²) in [5, 5.41) is 10.6. The van der Waals surface area contributed by atoms with Crippen LogP contribution in [0.2, 0.25) is 0 Å². The van der Waals surface area contributed by atoms with E-state index < -0.39 is 0 Å². The highest BCUT2D eigenvalue weighted by Gasteiger charge is 2.27. The zero-order valence-electron chi connectivity index (χ0n) is 13.4. The van der Waals surface area contributed by atoms with Gasteiger partial charge < -0.3 is 19.4 Å².